The van der Waals surface area contributed by atoms with Crippen LogP contribution in [0.15, 0.2) is 16.6 Å². The normalized spacial score (nSPS) is 9.60. The third-order valence-corrected chi connectivity index (χ3v) is 3.19. The molecule has 0 radical (unpaired) electrons. The average molecular weight is 362 g/mol. The summed E-state index contributed by atoms with van der Waals surface area (Å²) in [5, 5.41) is 3.00. The van der Waals surface area contributed by atoms with Crippen molar-refractivity contribution in [2.45, 2.75) is 6.92 Å². The van der Waals surface area contributed by atoms with Gasteiger partial charge in [0, 0.05) is 12.6 Å². The van der Waals surface area contributed by atoms with Crippen LogP contribution in [0.2, 0.25) is 0 Å². The molecule has 20 heavy (non-hydrogen) atoms. The molecule has 0 fully saturated rings. The summed E-state index contributed by atoms with van der Waals surface area (Å²) in [5.41, 5.74) is 5.44. The molecule has 1 amide bonds. The topological polar surface area (TPSA) is 71.6 Å². The van der Waals surface area contributed by atoms with E-state index in [-0.39, 0.29) is 5.91 Å². The Morgan fingerprint density at radius 3 is 2.65 bits per heavy atom. The van der Waals surface area contributed by atoms with Crippen molar-refractivity contribution in [2.75, 3.05) is 20.8 Å². The van der Waals surface area contributed by atoms with Gasteiger partial charge >= 0.3 is 0 Å². The summed E-state index contributed by atoms with van der Waals surface area (Å²) in [4.78, 5) is 12.0. The Balaban J connectivity index is 2.93. The van der Waals surface area contributed by atoms with Gasteiger partial charge in [-0.25, -0.2) is 0 Å². The highest BCUT2D eigenvalue weighted by Gasteiger charge is 2.15. The lowest BCUT2D eigenvalue weighted by Crippen LogP contribution is -2.45. The fraction of sp³-hybridized carbons (Fsp3) is 0.333. The van der Waals surface area contributed by atoms with Gasteiger partial charge in [-0.1, -0.05) is 0 Å². The number of carbonyl (C=O) groups excluding carboxylic acids is 1. The van der Waals surface area contributed by atoms with Crippen molar-refractivity contribution in [1.29, 1.82) is 0 Å². The fourth-order valence-corrected chi connectivity index (χ4v) is 1.99. The van der Waals surface area contributed by atoms with E-state index < -0.39 is 0 Å². The number of halogens is 1. The number of ether oxygens (including phenoxy) is 2. The number of hydrazine groups is 1. The Morgan fingerprint density at radius 2 is 2.10 bits per heavy atom. The van der Waals surface area contributed by atoms with Gasteiger partial charge in [0.1, 0.15) is 0 Å². The van der Waals surface area contributed by atoms with Crippen molar-refractivity contribution < 1.29 is 14.3 Å². The minimum Gasteiger partial charge on any atom is -0.493 e. The molecule has 1 aromatic carbocycles. The van der Waals surface area contributed by atoms with Crippen LogP contribution in [0.4, 0.5) is 0 Å². The van der Waals surface area contributed by atoms with Crippen molar-refractivity contribution in [3.8, 4) is 11.5 Å². The third kappa shape index (κ3) is 4.24. The molecule has 1 aromatic rings. The Labute approximate surface area is 131 Å². The van der Waals surface area contributed by atoms with Crippen molar-refractivity contribution in [2.24, 2.45) is 0 Å². The molecular formula is C12H16BrN3O3S. The second-order valence-corrected chi connectivity index (χ2v) is 4.84. The zero-order valence-corrected chi connectivity index (χ0v) is 13.8. The molecule has 0 saturated heterocycles. The fourth-order valence-electron chi connectivity index (χ4n) is 1.38. The second-order valence-electron chi connectivity index (χ2n) is 3.58. The lowest BCUT2D eigenvalue weighted by Gasteiger charge is -2.14. The van der Waals surface area contributed by atoms with E-state index in [1.165, 1.54) is 7.11 Å². The van der Waals surface area contributed by atoms with E-state index >= 15 is 0 Å². The molecule has 0 aromatic heterocycles. The van der Waals surface area contributed by atoms with E-state index in [9.17, 15) is 4.79 Å². The smallest absolute Gasteiger partial charge is 0.269 e. The first-order valence-electron chi connectivity index (χ1n) is 5.81. The average Bonchev–Trinajstić information content (AvgIpc) is 2.46. The molecule has 0 aliphatic rings. The van der Waals surface area contributed by atoms with Gasteiger partial charge in [0.15, 0.2) is 16.6 Å². The molecule has 0 spiro atoms. The van der Waals surface area contributed by atoms with Gasteiger partial charge in [-0.3, -0.25) is 15.6 Å². The molecule has 0 aliphatic heterocycles. The van der Waals surface area contributed by atoms with Crippen molar-refractivity contribution >= 4 is 39.2 Å². The maximum absolute atomic E-state index is 12.0. The number of nitrogens with one attached hydrogen (secondary N) is 3. The maximum atomic E-state index is 12.0. The number of carbonyl (C=O) groups is 1. The SMILES string of the molecule is CCOc1c(Br)cc(C(=O)NNC(=S)NC)cc1OC. The predicted molar refractivity (Wildman–Crippen MR) is 84.1 cm³/mol. The summed E-state index contributed by atoms with van der Waals surface area (Å²) in [6.07, 6.45) is 0. The summed E-state index contributed by atoms with van der Waals surface area (Å²) in [7, 11) is 3.17. The molecule has 1 rings (SSSR count). The first kappa shape index (κ1) is 16.5. The number of hydrogen-bond acceptors (Lipinski definition) is 4. The largest absolute Gasteiger partial charge is 0.493 e. The molecule has 0 heterocycles. The first-order chi connectivity index (χ1) is 9.53. The molecule has 0 bridgehead atoms. The lowest BCUT2D eigenvalue weighted by atomic mass is 10.2. The Bertz CT molecular complexity index is 511. The molecule has 6 nitrogen and oxygen atoms in total. The molecule has 110 valence electrons. The number of methoxy groups -OCH3 is 1. The molecular weight excluding hydrogens is 346 g/mol. The van der Waals surface area contributed by atoms with Crippen molar-refractivity contribution in [3.63, 3.8) is 0 Å². The van der Waals surface area contributed by atoms with Crippen LogP contribution in [-0.2, 0) is 0 Å². The number of benzene rings is 1. The van der Waals surface area contributed by atoms with Crippen LogP contribution in [0, 0.1) is 0 Å². The number of amides is 1. The van der Waals surface area contributed by atoms with Gasteiger partial charge in [0.25, 0.3) is 5.91 Å². The zero-order valence-electron chi connectivity index (χ0n) is 11.4. The van der Waals surface area contributed by atoms with E-state index in [0.29, 0.717) is 33.3 Å². The van der Waals surface area contributed by atoms with Crippen LogP contribution < -0.4 is 25.6 Å². The van der Waals surface area contributed by atoms with Crippen LogP contribution in [0.5, 0.6) is 11.5 Å². The summed E-state index contributed by atoms with van der Waals surface area (Å²) in [5.74, 6) is 0.692. The first-order valence-corrected chi connectivity index (χ1v) is 7.02. The Morgan fingerprint density at radius 1 is 1.40 bits per heavy atom. The highest BCUT2D eigenvalue weighted by Crippen LogP contribution is 2.36. The summed E-state index contributed by atoms with van der Waals surface area (Å²) >= 11 is 8.22. The second kappa shape index (κ2) is 7.91. The van der Waals surface area contributed by atoms with Crippen molar-refractivity contribution in [1.82, 2.24) is 16.2 Å². The van der Waals surface area contributed by atoms with Crippen molar-refractivity contribution in [3.05, 3.63) is 22.2 Å². The molecule has 0 aliphatic carbocycles. The number of thiocarbonyl (C=S) groups is 1. The number of rotatable bonds is 4. The minimum atomic E-state index is -0.343. The molecule has 8 heteroatoms. The van der Waals surface area contributed by atoms with E-state index in [1.807, 2.05) is 6.92 Å². The summed E-state index contributed by atoms with van der Waals surface area (Å²) < 4.78 is 11.3. The maximum Gasteiger partial charge on any atom is 0.269 e. The lowest BCUT2D eigenvalue weighted by molar-refractivity contribution is 0.0943. The molecule has 0 unspecified atom stereocenters. The monoisotopic (exact) mass is 361 g/mol. The van der Waals surface area contributed by atoms with Gasteiger partial charge < -0.3 is 14.8 Å². The Hall–Kier alpha value is -1.54. The van der Waals surface area contributed by atoms with E-state index in [0.717, 1.165) is 0 Å². The number of hydrogen-bond donors (Lipinski definition) is 3. The van der Waals surface area contributed by atoms with Gasteiger partial charge in [0.05, 0.1) is 18.2 Å². The highest BCUT2D eigenvalue weighted by atomic mass is 79.9. The van der Waals surface area contributed by atoms with Gasteiger partial charge in [-0.2, -0.15) is 0 Å². The Kier molecular flexibility index (Phi) is 6.53. The quantitative estimate of drug-likeness (QED) is 0.558. The van der Waals surface area contributed by atoms with E-state index in [2.05, 4.69) is 32.1 Å². The van der Waals surface area contributed by atoms with Crippen LogP contribution in [0.1, 0.15) is 17.3 Å². The summed E-state index contributed by atoms with van der Waals surface area (Å²) in [6, 6.07) is 3.24. The van der Waals surface area contributed by atoms with Gasteiger partial charge in [-0.15, -0.1) is 0 Å². The van der Waals surface area contributed by atoms with Crippen LogP contribution in [0.3, 0.4) is 0 Å². The summed E-state index contributed by atoms with van der Waals surface area (Å²) in [6.45, 7) is 2.37. The van der Waals surface area contributed by atoms with E-state index in [1.54, 1.807) is 19.2 Å². The molecule has 3 N–H and O–H groups in total. The molecule has 0 saturated carbocycles. The zero-order chi connectivity index (χ0) is 15.1. The van der Waals surface area contributed by atoms with Crippen LogP contribution in [0.25, 0.3) is 0 Å². The van der Waals surface area contributed by atoms with Crippen LogP contribution >= 0.6 is 28.1 Å². The van der Waals surface area contributed by atoms with Gasteiger partial charge in [0.2, 0.25) is 0 Å². The van der Waals surface area contributed by atoms with Crippen LogP contribution in [-0.4, -0.2) is 31.8 Å². The van der Waals surface area contributed by atoms with E-state index in [4.69, 9.17) is 21.7 Å². The predicted octanol–water partition coefficient (Wildman–Crippen LogP) is 1.60. The van der Waals surface area contributed by atoms with Gasteiger partial charge in [-0.05, 0) is 47.2 Å². The molecule has 0 atom stereocenters. The minimum absolute atomic E-state index is 0.315. The standard InChI is InChI=1S/C12H16BrN3O3S/c1-4-19-10-8(13)5-7(6-9(10)18-3)11(17)15-16-12(20)14-2/h5-6H,4H2,1-3H3,(H,15,17)(H2,14,16,20). The third-order valence-electron chi connectivity index (χ3n) is 2.30. The highest BCUT2D eigenvalue weighted by molar-refractivity contribution is 9.10.